The quantitative estimate of drug-likeness (QED) is 0.366. The van der Waals surface area contributed by atoms with E-state index >= 15 is 4.39 Å². The minimum atomic E-state index is -0.679. The maximum absolute atomic E-state index is 15.4. The molecule has 0 saturated carbocycles. The Labute approximate surface area is 270 Å². The Bertz CT molecular complexity index is 1750. The molecular formula is C34H36FN5O7. The number of fused-ring (bicyclic) bond motifs is 2. The van der Waals surface area contributed by atoms with Crippen LogP contribution >= 0.6 is 0 Å². The van der Waals surface area contributed by atoms with Crippen LogP contribution in [0.3, 0.4) is 0 Å². The van der Waals surface area contributed by atoms with Crippen LogP contribution in [0.5, 0.6) is 5.75 Å². The molecular weight excluding hydrogens is 609 g/mol. The zero-order chi connectivity index (χ0) is 32.7. The summed E-state index contributed by atoms with van der Waals surface area (Å²) in [6, 6.07) is 11.4. The van der Waals surface area contributed by atoms with Gasteiger partial charge in [0.25, 0.3) is 11.8 Å². The molecule has 0 radical (unpaired) electrons. The Balaban J connectivity index is 1.02. The van der Waals surface area contributed by atoms with Gasteiger partial charge in [-0.1, -0.05) is 6.07 Å². The van der Waals surface area contributed by atoms with Gasteiger partial charge < -0.3 is 24.0 Å². The molecule has 3 atom stereocenters. The summed E-state index contributed by atoms with van der Waals surface area (Å²) < 4.78 is 32.6. The van der Waals surface area contributed by atoms with Gasteiger partial charge in [-0.3, -0.25) is 29.4 Å². The van der Waals surface area contributed by atoms with Gasteiger partial charge in [0.05, 0.1) is 19.8 Å². The number of hydrogen-bond donors (Lipinski definition) is 1. The van der Waals surface area contributed by atoms with Crippen molar-refractivity contribution in [3.8, 4) is 5.75 Å². The summed E-state index contributed by atoms with van der Waals surface area (Å²) in [6.07, 6.45) is 0.291. The molecule has 47 heavy (non-hydrogen) atoms. The molecule has 0 bridgehead atoms. The highest BCUT2D eigenvalue weighted by Gasteiger charge is 2.40. The number of ether oxygens (including phenoxy) is 3. The lowest BCUT2D eigenvalue weighted by Crippen LogP contribution is -2.52. The number of morpholine rings is 1. The van der Waals surface area contributed by atoms with Gasteiger partial charge >= 0.3 is 0 Å². The normalized spacial score (nSPS) is 23.4. The number of nitrogens with one attached hydrogen (secondary N) is 1. The number of nitrogens with zero attached hydrogens (tertiary/aromatic N) is 4. The van der Waals surface area contributed by atoms with E-state index in [0.29, 0.717) is 75.7 Å². The Morgan fingerprint density at radius 2 is 1.91 bits per heavy atom. The van der Waals surface area contributed by atoms with Crippen molar-refractivity contribution in [2.75, 3.05) is 53.1 Å². The van der Waals surface area contributed by atoms with Crippen LogP contribution in [-0.2, 0) is 32.2 Å². The first-order valence-corrected chi connectivity index (χ1v) is 15.9. The standard InChI is InChI=1S/C34H36FN5O7/c1-45-19-23-16-38(15-20-12-21-2-5-27(36-31(21)26(35)13-20)34(44)39-8-10-46-11-9-39)18-29(23)47-24-3-4-25-22(14-24)17-40(33(25)43)28-6-7-30(41)37-32(28)42/h2-5,12-14,23,28-29H,6-11,15-19H2,1H3,(H,37,41,42)/t23-,28-,29+/m0/s1. The summed E-state index contributed by atoms with van der Waals surface area (Å²) in [5.41, 5.74) is 2.45. The van der Waals surface area contributed by atoms with Crippen molar-refractivity contribution in [1.82, 2.24) is 25.0 Å². The zero-order valence-electron chi connectivity index (χ0n) is 26.1. The Morgan fingerprint density at radius 1 is 1.09 bits per heavy atom. The number of imide groups is 1. The van der Waals surface area contributed by atoms with E-state index in [2.05, 4.69) is 15.2 Å². The summed E-state index contributed by atoms with van der Waals surface area (Å²) in [4.78, 5) is 59.7. The SMILES string of the molecule is COC[C@@H]1CN(Cc2cc(F)c3nc(C(=O)N4CCOCC4)ccc3c2)C[C@H]1Oc1ccc2c(c1)CN([C@H]1CCC(=O)NC1=O)C2=O. The monoisotopic (exact) mass is 645 g/mol. The second-order valence-electron chi connectivity index (χ2n) is 12.5. The van der Waals surface area contributed by atoms with Gasteiger partial charge in [-0.15, -0.1) is 0 Å². The summed E-state index contributed by atoms with van der Waals surface area (Å²) in [5, 5.41) is 2.95. The zero-order valence-corrected chi connectivity index (χ0v) is 26.1. The second kappa shape index (κ2) is 13.0. The highest BCUT2D eigenvalue weighted by atomic mass is 19.1. The summed E-state index contributed by atoms with van der Waals surface area (Å²) in [7, 11) is 1.65. The topological polar surface area (TPSA) is 131 Å². The van der Waals surface area contributed by atoms with E-state index in [9.17, 15) is 19.2 Å². The molecule has 7 rings (SSSR count). The molecule has 0 aliphatic carbocycles. The van der Waals surface area contributed by atoms with Crippen molar-refractivity contribution in [3.63, 3.8) is 0 Å². The fourth-order valence-corrected chi connectivity index (χ4v) is 7.01. The van der Waals surface area contributed by atoms with E-state index in [-0.39, 0.29) is 53.9 Å². The predicted octanol–water partition coefficient (Wildman–Crippen LogP) is 2.13. The fraction of sp³-hybridized carbons (Fsp3) is 0.441. The van der Waals surface area contributed by atoms with Crippen molar-refractivity contribution in [2.45, 2.75) is 38.1 Å². The lowest BCUT2D eigenvalue weighted by Gasteiger charge is -2.29. The van der Waals surface area contributed by atoms with E-state index in [4.69, 9.17) is 14.2 Å². The Kier molecular flexibility index (Phi) is 8.60. The van der Waals surface area contributed by atoms with E-state index in [1.165, 1.54) is 11.0 Å². The van der Waals surface area contributed by atoms with Crippen molar-refractivity contribution in [3.05, 3.63) is 70.7 Å². The van der Waals surface area contributed by atoms with Crippen molar-refractivity contribution >= 4 is 34.5 Å². The van der Waals surface area contributed by atoms with Crippen LogP contribution in [0.1, 0.15) is 44.8 Å². The number of piperidine rings is 1. The van der Waals surface area contributed by atoms with Crippen molar-refractivity contribution in [1.29, 1.82) is 0 Å². The van der Waals surface area contributed by atoms with Crippen LogP contribution in [0, 0.1) is 11.7 Å². The lowest BCUT2D eigenvalue weighted by atomic mass is 10.0. The van der Waals surface area contributed by atoms with Gasteiger partial charge in [0.2, 0.25) is 11.8 Å². The third-order valence-electron chi connectivity index (χ3n) is 9.35. The van der Waals surface area contributed by atoms with E-state index in [0.717, 1.165) is 11.1 Å². The van der Waals surface area contributed by atoms with Crippen LogP contribution < -0.4 is 10.1 Å². The molecule has 2 aromatic carbocycles. The van der Waals surface area contributed by atoms with Crippen molar-refractivity contribution in [2.24, 2.45) is 5.92 Å². The molecule has 5 heterocycles. The molecule has 1 N–H and O–H groups in total. The number of benzene rings is 2. The molecule has 246 valence electrons. The number of likely N-dealkylation sites (tertiary alicyclic amines) is 1. The smallest absolute Gasteiger partial charge is 0.272 e. The lowest BCUT2D eigenvalue weighted by molar-refractivity contribution is -0.136. The maximum Gasteiger partial charge on any atom is 0.272 e. The van der Waals surface area contributed by atoms with Gasteiger partial charge in [0.1, 0.15) is 34.9 Å². The molecule has 3 saturated heterocycles. The number of halogens is 1. The Hall–Kier alpha value is -4.46. The second-order valence-corrected chi connectivity index (χ2v) is 12.5. The third kappa shape index (κ3) is 6.30. The highest BCUT2D eigenvalue weighted by molar-refractivity contribution is 6.05. The minimum Gasteiger partial charge on any atom is -0.489 e. The number of carbonyl (C=O) groups excluding carboxylic acids is 4. The maximum atomic E-state index is 15.4. The molecule has 3 fully saturated rings. The molecule has 4 aliphatic heterocycles. The molecule has 4 amide bonds. The van der Waals surface area contributed by atoms with Crippen LogP contribution in [0.15, 0.2) is 42.5 Å². The van der Waals surface area contributed by atoms with Crippen LogP contribution in [0.25, 0.3) is 10.9 Å². The predicted molar refractivity (Wildman–Crippen MR) is 166 cm³/mol. The van der Waals surface area contributed by atoms with Gasteiger partial charge in [0.15, 0.2) is 0 Å². The van der Waals surface area contributed by atoms with E-state index in [1.54, 1.807) is 36.3 Å². The third-order valence-corrected chi connectivity index (χ3v) is 9.35. The number of amides is 4. The number of rotatable bonds is 8. The van der Waals surface area contributed by atoms with Crippen LogP contribution in [0.2, 0.25) is 0 Å². The first kappa shape index (κ1) is 31.2. The van der Waals surface area contributed by atoms with Crippen LogP contribution in [0.4, 0.5) is 4.39 Å². The largest absolute Gasteiger partial charge is 0.489 e. The summed E-state index contributed by atoms with van der Waals surface area (Å²) >= 11 is 0. The van der Waals surface area contributed by atoms with Gasteiger partial charge in [-0.25, -0.2) is 9.37 Å². The summed E-state index contributed by atoms with van der Waals surface area (Å²) in [6.45, 7) is 4.41. The summed E-state index contributed by atoms with van der Waals surface area (Å²) in [5.74, 6) is -1.05. The molecule has 4 aliphatic rings. The molecule has 0 unspecified atom stereocenters. The molecule has 13 heteroatoms. The van der Waals surface area contributed by atoms with Gasteiger partial charge in [-0.05, 0) is 53.9 Å². The number of carbonyl (C=O) groups is 4. The van der Waals surface area contributed by atoms with E-state index < -0.39 is 17.8 Å². The van der Waals surface area contributed by atoms with Gasteiger partial charge in [0, 0.05) is 69.7 Å². The number of hydrogen-bond acceptors (Lipinski definition) is 9. The molecule has 0 spiro atoms. The number of pyridine rings is 1. The first-order valence-electron chi connectivity index (χ1n) is 15.9. The van der Waals surface area contributed by atoms with Crippen LogP contribution in [-0.4, -0.2) is 109 Å². The molecule has 1 aromatic heterocycles. The van der Waals surface area contributed by atoms with E-state index in [1.807, 2.05) is 12.1 Å². The average Bonchev–Trinajstić information content (AvgIpc) is 3.59. The minimum absolute atomic E-state index is 0.0515. The highest BCUT2D eigenvalue weighted by Crippen LogP contribution is 2.32. The molecule has 12 nitrogen and oxygen atoms in total. The van der Waals surface area contributed by atoms with Crippen molar-refractivity contribution < 1.29 is 37.8 Å². The fourth-order valence-electron chi connectivity index (χ4n) is 7.01. The number of methoxy groups -OCH3 is 1. The first-order chi connectivity index (χ1) is 22.8. The number of aromatic nitrogens is 1. The average molecular weight is 646 g/mol. The Morgan fingerprint density at radius 3 is 2.70 bits per heavy atom. The molecule has 3 aromatic rings. The van der Waals surface area contributed by atoms with Gasteiger partial charge in [-0.2, -0.15) is 0 Å².